The molecule has 0 spiro atoms. The summed E-state index contributed by atoms with van der Waals surface area (Å²) in [5.74, 6) is 0.460. The Morgan fingerprint density at radius 3 is 2.76 bits per heavy atom. The van der Waals surface area contributed by atoms with Crippen molar-refractivity contribution in [3.8, 4) is 0 Å². The van der Waals surface area contributed by atoms with E-state index in [9.17, 15) is 4.79 Å². The number of hydrogen-bond acceptors (Lipinski definition) is 2. The first-order chi connectivity index (χ1) is 7.90. The van der Waals surface area contributed by atoms with Crippen LogP contribution in [0.1, 0.15) is 30.6 Å². The SMILES string of the molecule is CC1(C)CC1CNC(=O)c1ccc(Cl)cc1N. The highest BCUT2D eigenvalue weighted by atomic mass is 35.5. The highest BCUT2D eigenvalue weighted by Gasteiger charge is 2.45. The molecule has 0 aliphatic heterocycles. The normalized spacial score (nSPS) is 21.0. The number of nitrogen functional groups attached to an aromatic ring is 1. The second-order valence-electron chi connectivity index (χ2n) is 5.33. The Balaban J connectivity index is 1.96. The van der Waals surface area contributed by atoms with Crippen LogP contribution in [-0.4, -0.2) is 12.5 Å². The highest BCUT2D eigenvalue weighted by Crippen LogP contribution is 2.50. The molecule has 1 aliphatic rings. The molecule has 0 heterocycles. The molecule has 1 amide bonds. The Labute approximate surface area is 106 Å². The number of carbonyl (C=O) groups is 1. The molecule has 3 nitrogen and oxygen atoms in total. The minimum atomic E-state index is -0.123. The molecule has 1 fully saturated rings. The number of nitrogens with two attached hydrogens (primary N) is 1. The first-order valence-corrected chi connectivity index (χ1v) is 6.11. The fraction of sp³-hybridized carbons (Fsp3) is 0.462. The zero-order valence-corrected chi connectivity index (χ0v) is 10.8. The van der Waals surface area contributed by atoms with Crippen molar-refractivity contribution in [1.82, 2.24) is 5.32 Å². The van der Waals surface area contributed by atoms with Crippen LogP contribution < -0.4 is 11.1 Å². The Morgan fingerprint density at radius 2 is 2.24 bits per heavy atom. The van der Waals surface area contributed by atoms with E-state index in [0.29, 0.717) is 34.2 Å². The molecule has 0 radical (unpaired) electrons. The van der Waals surface area contributed by atoms with Crippen LogP contribution in [0.25, 0.3) is 0 Å². The smallest absolute Gasteiger partial charge is 0.253 e. The van der Waals surface area contributed by atoms with Crippen molar-refractivity contribution < 1.29 is 4.79 Å². The van der Waals surface area contributed by atoms with Crippen LogP contribution in [0.3, 0.4) is 0 Å². The second kappa shape index (κ2) is 4.22. The molecule has 3 N–H and O–H groups in total. The van der Waals surface area contributed by atoms with Gasteiger partial charge in [-0.2, -0.15) is 0 Å². The fourth-order valence-electron chi connectivity index (χ4n) is 1.98. The average Bonchev–Trinajstić information content (AvgIpc) is 2.83. The Hall–Kier alpha value is -1.22. The van der Waals surface area contributed by atoms with Crippen molar-refractivity contribution in [2.75, 3.05) is 12.3 Å². The summed E-state index contributed by atoms with van der Waals surface area (Å²) >= 11 is 5.78. The van der Waals surface area contributed by atoms with E-state index in [4.69, 9.17) is 17.3 Å². The van der Waals surface area contributed by atoms with E-state index >= 15 is 0 Å². The van der Waals surface area contributed by atoms with Gasteiger partial charge in [-0.3, -0.25) is 4.79 Å². The summed E-state index contributed by atoms with van der Waals surface area (Å²) < 4.78 is 0. The van der Waals surface area contributed by atoms with Crippen LogP contribution >= 0.6 is 11.6 Å². The number of hydrogen-bond donors (Lipinski definition) is 2. The predicted molar refractivity (Wildman–Crippen MR) is 70.1 cm³/mol. The maximum absolute atomic E-state index is 11.9. The van der Waals surface area contributed by atoms with Gasteiger partial charge in [-0.05, 0) is 36.0 Å². The Morgan fingerprint density at radius 1 is 1.59 bits per heavy atom. The van der Waals surface area contributed by atoms with Gasteiger partial charge >= 0.3 is 0 Å². The maximum atomic E-state index is 11.9. The second-order valence-corrected chi connectivity index (χ2v) is 5.77. The van der Waals surface area contributed by atoms with Crippen LogP contribution in [0.15, 0.2) is 18.2 Å². The van der Waals surface area contributed by atoms with Crippen molar-refractivity contribution in [3.63, 3.8) is 0 Å². The number of amides is 1. The molecule has 1 aromatic rings. The predicted octanol–water partition coefficient (Wildman–Crippen LogP) is 2.70. The van der Waals surface area contributed by atoms with Gasteiger partial charge in [-0.1, -0.05) is 25.4 Å². The quantitative estimate of drug-likeness (QED) is 0.813. The van der Waals surface area contributed by atoms with Crippen molar-refractivity contribution in [2.45, 2.75) is 20.3 Å². The monoisotopic (exact) mass is 252 g/mol. The third-order valence-electron chi connectivity index (χ3n) is 3.48. The minimum absolute atomic E-state index is 0.123. The van der Waals surface area contributed by atoms with E-state index < -0.39 is 0 Å². The number of rotatable bonds is 3. The summed E-state index contributed by atoms with van der Waals surface area (Å²) in [6, 6.07) is 4.93. The van der Waals surface area contributed by atoms with Gasteiger partial charge in [0.2, 0.25) is 0 Å². The lowest BCUT2D eigenvalue weighted by atomic mass is 10.1. The average molecular weight is 253 g/mol. The lowest BCUT2D eigenvalue weighted by molar-refractivity contribution is 0.0951. The molecule has 1 aliphatic carbocycles. The van der Waals surface area contributed by atoms with E-state index in [0.717, 1.165) is 0 Å². The van der Waals surface area contributed by atoms with Crippen LogP contribution in [0.5, 0.6) is 0 Å². The molecule has 0 aromatic heterocycles. The number of benzene rings is 1. The molecule has 0 saturated heterocycles. The largest absolute Gasteiger partial charge is 0.398 e. The van der Waals surface area contributed by atoms with Crippen molar-refractivity contribution >= 4 is 23.2 Å². The Kier molecular flexibility index (Phi) is 3.04. The number of carbonyl (C=O) groups excluding carboxylic acids is 1. The molecule has 92 valence electrons. The standard InChI is InChI=1S/C13H17ClN2O/c1-13(2)6-8(13)7-16-12(17)10-4-3-9(14)5-11(10)15/h3-5,8H,6-7,15H2,1-2H3,(H,16,17). The van der Waals surface area contributed by atoms with Crippen molar-refractivity contribution in [1.29, 1.82) is 0 Å². The molecule has 4 heteroatoms. The molecular formula is C13H17ClN2O. The van der Waals surface area contributed by atoms with E-state index in [1.54, 1.807) is 18.2 Å². The minimum Gasteiger partial charge on any atom is -0.398 e. The lowest BCUT2D eigenvalue weighted by Crippen LogP contribution is -2.27. The fourth-order valence-corrected chi connectivity index (χ4v) is 2.16. The molecule has 1 atom stereocenters. The highest BCUT2D eigenvalue weighted by molar-refractivity contribution is 6.31. The van der Waals surface area contributed by atoms with E-state index in [1.165, 1.54) is 6.42 Å². The summed E-state index contributed by atoms with van der Waals surface area (Å²) in [6.07, 6.45) is 1.17. The van der Waals surface area contributed by atoms with Crippen molar-refractivity contribution in [2.24, 2.45) is 11.3 Å². The van der Waals surface area contributed by atoms with Gasteiger partial charge in [0.15, 0.2) is 0 Å². The van der Waals surface area contributed by atoms with Gasteiger partial charge < -0.3 is 11.1 Å². The lowest BCUT2D eigenvalue weighted by Gasteiger charge is -2.08. The number of halogens is 1. The molecule has 17 heavy (non-hydrogen) atoms. The molecule has 0 bridgehead atoms. The first-order valence-electron chi connectivity index (χ1n) is 5.73. The van der Waals surface area contributed by atoms with Gasteiger partial charge in [0.05, 0.1) is 5.56 Å². The summed E-state index contributed by atoms with van der Waals surface area (Å²) in [5.41, 5.74) is 7.04. The Bertz CT molecular complexity index is 457. The maximum Gasteiger partial charge on any atom is 0.253 e. The van der Waals surface area contributed by atoms with Gasteiger partial charge in [0.1, 0.15) is 0 Å². The van der Waals surface area contributed by atoms with Gasteiger partial charge in [0, 0.05) is 17.3 Å². The molecule has 2 rings (SSSR count). The van der Waals surface area contributed by atoms with Gasteiger partial charge in [-0.25, -0.2) is 0 Å². The van der Waals surface area contributed by atoms with E-state index in [2.05, 4.69) is 19.2 Å². The summed E-state index contributed by atoms with van der Waals surface area (Å²) in [7, 11) is 0. The number of anilines is 1. The van der Waals surface area contributed by atoms with Gasteiger partial charge in [0.25, 0.3) is 5.91 Å². The van der Waals surface area contributed by atoms with Crippen LogP contribution in [0.4, 0.5) is 5.69 Å². The summed E-state index contributed by atoms with van der Waals surface area (Å²) in [4.78, 5) is 11.9. The van der Waals surface area contributed by atoms with E-state index in [1.807, 2.05) is 0 Å². The number of nitrogens with one attached hydrogen (secondary N) is 1. The third-order valence-corrected chi connectivity index (χ3v) is 3.72. The molecular weight excluding hydrogens is 236 g/mol. The zero-order valence-electron chi connectivity index (χ0n) is 10.1. The molecule has 1 saturated carbocycles. The van der Waals surface area contributed by atoms with Gasteiger partial charge in [-0.15, -0.1) is 0 Å². The summed E-state index contributed by atoms with van der Waals surface area (Å²) in [5, 5.41) is 3.46. The zero-order chi connectivity index (χ0) is 12.6. The molecule has 1 unspecified atom stereocenters. The topological polar surface area (TPSA) is 55.1 Å². The van der Waals surface area contributed by atoms with E-state index in [-0.39, 0.29) is 5.91 Å². The first kappa shape index (κ1) is 12.2. The van der Waals surface area contributed by atoms with Crippen LogP contribution in [0, 0.1) is 11.3 Å². The van der Waals surface area contributed by atoms with Crippen LogP contribution in [0.2, 0.25) is 5.02 Å². The van der Waals surface area contributed by atoms with Crippen LogP contribution in [-0.2, 0) is 0 Å². The molecule has 1 aromatic carbocycles. The third kappa shape index (κ3) is 2.72. The summed E-state index contributed by atoms with van der Waals surface area (Å²) in [6.45, 7) is 5.13. The van der Waals surface area contributed by atoms with Crippen molar-refractivity contribution in [3.05, 3.63) is 28.8 Å².